The molecule has 4 nitrogen and oxygen atoms in total. The van der Waals surface area contributed by atoms with Crippen molar-refractivity contribution in [3.63, 3.8) is 0 Å². The molecule has 0 aliphatic heterocycles. The fraction of sp³-hybridized carbons (Fsp3) is 0.300. The van der Waals surface area contributed by atoms with E-state index in [2.05, 4.69) is 5.32 Å². The van der Waals surface area contributed by atoms with Crippen molar-refractivity contribution in [1.29, 1.82) is 0 Å². The zero-order valence-electron chi connectivity index (χ0n) is 8.29. The number of aliphatic carboxylic acids is 1. The number of nitrogen functional groups attached to an aromatic ring is 1. The number of benzene rings is 1. The van der Waals surface area contributed by atoms with E-state index in [1.807, 2.05) is 26.0 Å². The van der Waals surface area contributed by atoms with Crippen LogP contribution in [0.2, 0.25) is 0 Å². The Bertz CT molecular complexity index is 338. The highest BCUT2D eigenvalue weighted by Gasteiger charge is 2.02. The Morgan fingerprint density at radius 1 is 1.43 bits per heavy atom. The van der Waals surface area contributed by atoms with Gasteiger partial charge in [-0.15, -0.1) is 0 Å². The maximum atomic E-state index is 10.3. The van der Waals surface area contributed by atoms with Gasteiger partial charge in [-0.05, 0) is 37.1 Å². The normalized spacial score (nSPS) is 9.86. The summed E-state index contributed by atoms with van der Waals surface area (Å²) in [7, 11) is 0. The Labute approximate surface area is 82.7 Å². The van der Waals surface area contributed by atoms with E-state index in [1.165, 1.54) is 0 Å². The summed E-state index contributed by atoms with van der Waals surface area (Å²) in [5.41, 5.74) is 9.22. The molecule has 0 saturated carbocycles. The highest BCUT2D eigenvalue weighted by molar-refractivity contribution is 5.73. The number of carbonyl (C=O) groups is 1. The maximum absolute atomic E-state index is 10.3. The number of nitrogens with one attached hydrogen (secondary N) is 1. The second kappa shape index (κ2) is 4.00. The van der Waals surface area contributed by atoms with E-state index in [4.69, 9.17) is 10.8 Å². The molecule has 0 fully saturated rings. The molecule has 0 radical (unpaired) electrons. The molecule has 0 spiro atoms. The number of hydrogen-bond donors (Lipinski definition) is 3. The zero-order valence-corrected chi connectivity index (χ0v) is 8.29. The smallest absolute Gasteiger partial charge is 0.322 e. The number of hydrogen-bond acceptors (Lipinski definition) is 3. The predicted molar refractivity (Wildman–Crippen MR) is 56.5 cm³/mol. The van der Waals surface area contributed by atoms with Gasteiger partial charge in [0.25, 0.3) is 0 Å². The van der Waals surface area contributed by atoms with Crippen molar-refractivity contribution in [3.05, 3.63) is 23.3 Å². The molecule has 0 atom stereocenters. The fourth-order valence-corrected chi connectivity index (χ4v) is 1.25. The molecular weight excluding hydrogens is 180 g/mol. The van der Waals surface area contributed by atoms with Gasteiger partial charge in [-0.1, -0.05) is 0 Å². The average molecular weight is 194 g/mol. The van der Waals surface area contributed by atoms with Gasteiger partial charge in [0, 0.05) is 11.4 Å². The van der Waals surface area contributed by atoms with Crippen molar-refractivity contribution in [1.82, 2.24) is 0 Å². The number of rotatable bonds is 3. The van der Waals surface area contributed by atoms with E-state index < -0.39 is 5.97 Å². The van der Waals surface area contributed by atoms with Crippen molar-refractivity contribution >= 4 is 17.3 Å². The molecule has 1 rings (SSSR count). The summed E-state index contributed by atoms with van der Waals surface area (Å²) < 4.78 is 0. The van der Waals surface area contributed by atoms with Crippen molar-refractivity contribution in [2.45, 2.75) is 13.8 Å². The lowest BCUT2D eigenvalue weighted by atomic mass is 10.1. The van der Waals surface area contributed by atoms with Crippen LogP contribution in [-0.4, -0.2) is 17.6 Å². The summed E-state index contributed by atoms with van der Waals surface area (Å²) in [5, 5.41) is 11.3. The lowest BCUT2D eigenvalue weighted by Gasteiger charge is -2.09. The molecule has 0 saturated heterocycles. The molecule has 4 heteroatoms. The van der Waals surface area contributed by atoms with Crippen LogP contribution in [0, 0.1) is 13.8 Å². The van der Waals surface area contributed by atoms with Gasteiger partial charge in [-0.25, -0.2) is 0 Å². The van der Waals surface area contributed by atoms with Crippen molar-refractivity contribution in [3.8, 4) is 0 Å². The minimum atomic E-state index is -0.878. The largest absolute Gasteiger partial charge is 0.480 e. The van der Waals surface area contributed by atoms with Crippen LogP contribution in [0.25, 0.3) is 0 Å². The Kier molecular flexibility index (Phi) is 2.96. The van der Waals surface area contributed by atoms with E-state index >= 15 is 0 Å². The molecule has 0 aliphatic carbocycles. The molecule has 0 bridgehead atoms. The van der Waals surface area contributed by atoms with Crippen LogP contribution in [0.1, 0.15) is 11.1 Å². The topological polar surface area (TPSA) is 75.3 Å². The van der Waals surface area contributed by atoms with Crippen LogP contribution in [-0.2, 0) is 4.79 Å². The summed E-state index contributed by atoms with van der Waals surface area (Å²) in [6.45, 7) is 3.71. The van der Waals surface area contributed by atoms with Crippen LogP contribution < -0.4 is 11.1 Å². The van der Waals surface area contributed by atoms with Crippen LogP contribution in [0.15, 0.2) is 12.1 Å². The SMILES string of the molecule is Cc1cc(NCC(=O)O)cc(C)c1N. The molecule has 1 aromatic carbocycles. The van der Waals surface area contributed by atoms with Gasteiger partial charge in [-0.2, -0.15) is 0 Å². The number of aryl methyl sites for hydroxylation is 2. The van der Waals surface area contributed by atoms with Gasteiger partial charge in [0.2, 0.25) is 0 Å². The molecule has 0 amide bonds. The first-order valence-corrected chi connectivity index (χ1v) is 4.33. The molecule has 76 valence electrons. The van der Waals surface area contributed by atoms with Crippen molar-refractivity contribution in [2.75, 3.05) is 17.6 Å². The van der Waals surface area contributed by atoms with Crippen LogP contribution in [0.4, 0.5) is 11.4 Å². The molecule has 0 aromatic heterocycles. The second-order valence-electron chi connectivity index (χ2n) is 3.27. The molecule has 14 heavy (non-hydrogen) atoms. The van der Waals surface area contributed by atoms with Gasteiger partial charge >= 0.3 is 5.97 Å². The lowest BCUT2D eigenvalue weighted by molar-refractivity contribution is -0.134. The summed E-state index contributed by atoms with van der Waals surface area (Å²) in [6, 6.07) is 3.68. The van der Waals surface area contributed by atoms with E-state index in [9.17, 15) is 4.79 Å². The molecule has 0 heterocycles. The molecule has 0 unspecified atom stereocenters. The highest BCUT2D eigenvalue weighted by atomic mass is 16.4. The monoisotopic (exact) mass is 194 g/mol. The summed E-state index contributed by atoms with van der Waals surface area (Å²) in [6.07, 6.45) is 0. The molecule has 1 aromatic rings. The number of carboxylic acids is 1. The van der Waals surface area contributed by atoms with Crippen molar-refractivity contribution in [2.24, 2.45) is 0 Å². The maximum Gasteiger partial charge on any atom is 0.322 e. The first kappa shape index (κ1) is 10.4. The van der Waals surface area contributed by atoms with Crippen LogP contribution in [0.5, 0.6) is 0 Å². The first-order valence-electron chi connectivity index (χ1n) is 4.33. The number of anilines is 2. The summed E-state index contributed by atoms with van der Waals surface area (Å²) in [5.74, 6) is -0.878. The third kappa shape index (κ3) is 2.39. The lowest BCUT2D eigenvalue weighted by Crippen LogP contribution is -2.12. The van der Waals surface area contributed by atoms with E-state index in [0.29, 0.717) is 0 Å². The number of carboxylic acid groups (broad SMARTS) is 1. The van der Waals surface area contributed by atoms with Crippen LogP contribution in [0.3, 0.4) is 0 Å². The van der Waals surface area contributed by atoms with Gasteiger partial charge in [0.1, 0.15) is 6.54 Å². The Hall–Kier alpha value is -1.71. The Morgan fingerprint density at radius 3 is 2.36 bits per heavy atom. The molecular formula is C10H14N2O2. The van der Waals surface area contributed by atoms with E-state index in [0.717, 1.165) is 22.5 Å². The third-order valence-corrected chi connectivity index (χ3v) is 2.04. The number of nitrogens with two attached hydrogens (primary N) is 1. The van der Waals surface area contributed by atoms with Crippen LogP contribution >= 0.6 is 0 Å². The molecule has 4 N–H and O–H groups in total. The third-order valence-electron chi connectivity index (χ3n) is 2.04. The summed E-state index contributed by atoms with van der Waals surface area (Å²) in [4.78, 5) is 10.3. The van der Waals surface area contributed by atoms with Crippen molar-refractivity contribution < 1.29 is 9.90 Å². The minimum absolute atomic E-state index is 0.0806. The quantitative estimate of drug-likeness (QED) is 0.635. The van der Waals surface area contributed by atoms with Gasteiger partial charge in [0.15, 0.2) is 0 Å². The van der Waals surface area contributed by atoms with E-state index in [-0.39, 0.29) is 6.54 Å². The zero-order chi connectivity index (χ0) is 10.7. The minimum Gasteiger partial charge on any atom is -0.480 e. The second-order valence-corrected chi connectivity index (χ2v) is 3.27. The predicted octanol–water partition coefficient (Wildman–Crippen LogP) is 1.38. The Morgan fingerprint density at radius 2 is 1.93 bits per heavy atom. The first-order chi connectivity index (χ1) is 6.50. The van der Waals surface area contributed by atoms with E-state index in [1.54, 1.807) is 0 Å². The van der Waals surface area contributed by atoms with Gasteiger partial charge in [0.05, 0.1) is 0 Å². The highest BCUT2D eigenvalue weighted by Crippen LogP contribution is 2.21. The fourth-order valence-electron chi connectivity index (χ4n) is 1.25. The average Bonchev–Trinajstić information content (AvgIpc) is 2.10. The van der Waals surface area contributed by atoms with Gasteiger partial charge in [-0.3, -0.25) is 4.79 Å². The molecule has 0 aliphatic rings. The van der Waals surface area contributed by atoms with Gasteiger partial charge < -0.3 is 16.2 Å². The summed E-state index contributed by atoms with van der Waals surface area (Å²) >= 11 is 0. The standard InChI is InChI=1S/C10H14N2O2/c1-6-3-8(12-5-9(13)14)4-7(2)10(6)11/h3-4,12H,5,11H2,1-2H3,(H,13,14). The Balaban J connectivity index is 2.84.